The van der Waals surface area contributed by atoms with Crippen molar-refractivity contribution in [3.05, 3.63) is 109 Å². The van der Waals surface area contributed by atoms with Gasteiger partial charge in [0.25, 0.3) is 5.91 Å². The molecule has 4 heteroatoms. The molecular weight excluding hydrogens is 370 g/mol. The standard InChI is InChI=1S/C26H25N3O/c27-21-29-19-18-25(20-29)28-26(30)24-16-10-8-14-23(15-9-11-17-24)22-12-6-4-2-1-3-5-7-13-22/h1-17,25H,18-20H2,(H,28,30)/t25-/m1/s1. The first-order chi connectivity index (χ1) is 14.8. The van der Waals surface area contributed by atoms with Gasteiger partial charge in [0.2, 0.25) is 0 Å². The lowest BCUT2D eigenvalue weighted by Crippen LogP contribution is -2.36. The Morgan fingerprint density at radius 2 is 1.27 bits per heavy atom. The molecule has 2 aromatic rings. The summed E-state index contributed by atoms with van der Waals surface area (Å²) < 4.78 is 0. The number of hydrogen-bond donors (Lipinski definition) is 1. The van der Waals surface area contributed by atoms with Crippen LogP contribution in [0.1, 0.15) is 16.8 Å². The highest BCUT2D eigenvalue weighted by Gasteiger charge is 2.23. The van der Waals surface area contributed by atoms with Gasteiger partial charge in [-0.25, -0.2) is 0 Å². The van der Waals surface area contributed by atoms with E-state index in [4.69, 9.17) is 5.26 Å². The van der Waals surface area contributed by atoms with Crippen molar-refractivity contribution in [2.45, 2.75) is 12.5 Å². The predicted molar refractivity (Wildman–Crippen MR) is 120 cm³/mol. The topological polar surface area (TPSA) is 56.1 Å². The molecule has 0 saturated carbocycles. The SMILES string of the molecule is N#CN1CC[C@@H](NC(=O)c2ccccc(-c3ccccccccc3)cccc2)C1. The van der Waals surface area contributed by atoms with E-state index in [0.717, 1.165) is 17.5 Å². The van der Waals surface area contributed by atoms with Crippen LogP contribution in [-0.4, -0.2) is 29.9 Å². The van der Waals surface area contributed by atoms with Crippen molar-refractivity contribution in [1.29, 1.82) is 5.26 Å². The van der Waals surface area contributed by atoms with Gasteiger partial charge in [-0.05, 0) is 29.7 Å². The van der Waals surface area contributed by atoms with Crippen molar-refractivity contribution in [1.82, 2.24) is 10.2 Å². The van der Waals surface area contributed by atoms with Crippen molar-refractivity contribution in [3.8, 4) is 17.3 Å². The smallest absolute Gasteiger partial charge is 0.251 e. The second-order valence-electron chi connectivity index (χ2n) is 6.99. The van der Waals surface area contributed by atoms with Crippen molar-refractivity contribution in [3.63, 3.8) is 0 Å². The number of carbonyl (C=O) groups excluding carboxylic acids is 1. The van der Waals surface area contributed by atoms with Crippen LogP contribution in [0.25, 0.3) is 11.1 Å². The first-order valence-electron chi connectivity index (χ1n) is 10.0. The molecule has 0 radical (unpaired) electrons. The van der Waals surface area contributed by atoms with E-state index >= 15 is 0 Å². The van der Waals surface area contributed by atoms with E-state index in [1.54, 1.807) is 17.0 Å². The summed E-state index contributed by atoms with van der Waals surface area (Å²) in [6.45, 7) is 1.27. The summed E-state index contributed by atoms with van der Waals surface area (Å²) in [4.78, 5) is 14.3. The highest BCUT2D eigenvalue weighted by Crippen LogP contribution is 2.15. The lowest BCUT2D eigenvalue weighted by Gasteiger charge is -2.11. The number of rotatable bonds is 3. The molecule has 1 atom stereocenters. The molecule has 1 N–H and O–H groups in total. The molecule has 0 unspecified atom stereocenters. The van der Waals surface area contributed by atoms with Gasteiger partial charge in [0.15, 0.2) is 6.19 Å². The number of amides is 1. The Labute approximate surface area is 178 Å². The normalized spacial score (nSPS) is 14.6. The van der Waals surface area contributed by atoms with Gasteiger partial charge in [0, 0.05) is 24.7 Å². The Hall–Kier alpha value is -3.84. The average molecular weight is 396 g/mol. The van der Waals surface area contributed by atoms with Gasteiger partial charge in [0.05, 0.1) is 0 Å². The molecule has 0 spiro atoms. The van der Waals surface area contributed by atoms with E-state index in [0.29, 0.717) is 18.7 Å². The molecule has 1 aliphatic heterocycles. The second-order valence-corrected chi connectivity index (χ2v) is 6.99. The fourth-order valence-electron chi connectivity index (χ4n) is 3.22. The quantitative estimate of drug-likeness (QED) is 0.753. The van der Waals surface area contributed by atoms with Gasteiger partial charge in [-0.15, -0.1) is 0 Å². The number of likely N-dealkylation sites (tertiary alicyclic amines) is 1. The molecule has 0 aromatic heterocycles. The molecule has 1 amide bonds. The summed E-state index contributed by atoms with van der Waals surface area (Å²) in [5.41, 5.74) is 2.74. The third kappa shape index (κ3) is 6.35. The first kappa shape index (κ1) is 20.9. The Kier molecular flexibility index (Phi) is 7.82. The minimum absolute atomic E-state index is 0.0103. The van der Waals surface area contributed by atoms with Crippen LogP contribution in [0.4, 0.5) is 0 Å². The van der Waals surface area contributed by atoms with Crippen LogP contribution < -0.4 is 5.32 Å². The van der Waals surface area contributed by atoms with Crippen LogP contribution >= 0.6 is 0 Å². The van der Waals surface area contributed by atoms with E-state index in [-0.39, 0.29) is 11.9 Å². The number of carbonyl (C=O) groups is 1. The molecule has 3 rings (SSSR count). The Morgan fingerprint density at radius 1 is 0.800 bits per heavy atom. The molecule has 30 heavy (non-hydrogen) atoms. The van der Waals surface area contributed by atoms with Crippen LogP contribution in [0, 0.1) is 11.5 Å². The Balaban J connectivity index is 1.82. The zero-order chi connectivity index (χ0) is 21.0. The molecular formula is C26H25N3O. The van der Waals surface area contributed by atoms with E-state index in [2.05, 4.69) is 23.6 Å². The summed E-state index contributed by atoms with van der Waals surface area (Å²) in [6, 6.07) is 33.4. The van der Waals surface area contributed by atoms with Gasteiger partial charge in [-0.1, -0.05) is 91.0 Å². The average Bonchev–Trinajstić information content (AvgIpc) is 3.22. The van der Waals surface area contributed by atoms with Crippen molar-refractivity contribution >= 4 is 5.91 Å². The highest BCUT2D eigenvalue weighted by molar-refractivity contribution is 5.94. The second kappa shape index (κ2) is 11.2. The minimum atomic E-state index is -0.123. The first-order valence-corrected chi connectivity index (χ1v) is 10.0. The van der Waals surface area contributed by atoms with Crippen LogP contribution in [-0.2, 0) is 0 Å². The fraction of sp³-hybridized carbons (Fsp3) is 0.154. The molecule has 0 aliphatic carbocycles. The van der Waals surface area contributed by atoms with Crippen LogP contribution in [0.15, 0.2) is 103 Å². The van der Waals surface area contributed by atoms with Gasteiger partial charge in [-0.2, -0.15) is 5.26 Å². The maximum Gasteiger partial charge on any atom is 0.251 e. The third-order valence-electron chi connectivity index (χ3n) is 4.80. The monoisotopic (exact) mass is 395 g/mol. The summed E-state index contributed by atoms with van der Waals surface area (Å²) >= 11 is 0. The summed E-state index contributed by atoms with van der Waals surface area (Å²) in [5, 5.41) is 12.0. The van der Waals surface area contributed by atoms with E-state index in [1.807, 2.05) is 78.9 Å². The van der Waals surface area contributed by atoms with Gasteiger partial charge in [-0.3, -0.25) is 4.79 Å². The van der Waals surface area contributed by atoms with Crippen LogP contribution in [0.5, 0.6) is 0 Å². The molecule has 1 fully saturated rings. The number of hydrogen-bond acceptors (Lipinski definition) is 3. The summed E-state index contributed by atoms with van der Waals surface area (Å²) in [5.74, 6) is -0.123. The fourth-order valence-corrected chi connectivity index (χ4v) is 3.22. The largest absolute Gasteiger partial charge is 0.347 e. The number of nitriles is 1. The maximum atomic E-state index is 12.6. The molecule has 1 aliphatic rings. The van der Waals surface area contributed by atoms with Crippen LogP contribution in [0.3, 0.4) is 0 Å². The summed E-state index contributed by atoms with van der Waals surface area (Å²) in [7, 11) is 0. The zero-order valence-electron chi connectivity index (χ0n) is 16.8. The molecule has 4 nitrogen and oxygen atoms in total. The molecule has 1 heterocycles. The highest BCUT2D eigenvalue weighted by atomic mass is 16.1. The maximum absolute atomic E-state index is 12.6. The van der Waals surface area contributed by atoms with E-state index in [1.165, 1.54) is 0 Å². The lowest BCUT2D eigenvalue weighted by molar-refractivity contribution is 0.0939. The van der Waals surface area contributed by atoms with Crippen molar-refractivity contribution in [2.75, 3.05) is 13.1 Å². The van der Waals surface area contributed by atoms with E-state index < -0.39 is 0 Å². The lowest BCUT2D eigenvalue weighted by atomic mass is 10.1. The van der Waals surface area contributed by atoms with Gasteiger partial charge in [0.1, 0.15) is 0 Å². The minimum Gasteiger partial charge on any atom is -0.347 e. The van der Waals surface area contributed by atoms with Crippen molar-refractivity contribution in [2.24, 2.45) is 0 Å². The molecule has 1 saturated heterocycles. The predicted octanol–water partition coefficient (Wildman–Crippen LogP) is 4.89. The summed E-state index contributed by atoms with van der Waals surface area (Å²) in [6.07, 6.45) is 2.92. The number of nitrogens with one attached hydrogen (secondary N) is 1. The zero-order valence-corrected chi connectivity index (χ0v) is 16.8. The Morgan fingerprint density at radius 3 is 1.77 bits per heavy atom. The van der Waals surface area contributed by atoms with Crippen LogP contribution in [0.2, 0.25) is 0 Å². The third-order valence-corrected chi connectivity index (χ3v) is 4.80. The number of nitrogens with zero attached hydrogens (tertiary/aromatic N) is 2. The Bertz CT molecular complexity index is 973. The molecule has 2 aromatic carbocycles. The van der Waals surface area contributed by atoms with E-state index in [9.17, 15) is 4.79 Å². The molecule has 150 valence electrons. The molecule has 0 bridgehead atoms. The van der Waals surface area contributed by atoms with Crippen molar-refractivity contribution < 1.29 is 4.79 Å². The van der Waals surface area contributed by atoms with Gasteiger partial charge < -0.3 is 10.2 Å². The van der Waals surface area contributed by atoms with Gasteiger partial charge >= 0.3 is 0 Å².